The Labute approximate surface area is 269 Å². The number of halogens is 1. The second-order valence-corrected chi connectivity index (χ2v) is 12.5. The number of ether oxygens (including phenoxy) is 3. The molecule has 2 aliphatic rings. The zero-order valence-corrected chi connectivity index (χ0v) is 28.3. The lowest BCUT2D eigenvalue weighted by atomic mass is 10.0. The van der Waals surface area contributed by atoms with Crippen molar-refractivity contribution >= 4 is 46.8 Å². The highest BCUT2D eigenvalue weighted by atomic mass is 127. The van der Waals surface area contributed by atoms with Gasteiger partial charge in [-0.3, -0.25) is 4.79 Å². The minimum Gasteiger partial charge on any atom is -0.450 e. The largest absolute Gasteiger partial charge is 0.450 e. The number of hydrogen-bond acceptors (Lipinski definition) is 8. The van der Waals surface area contributed by atoms with Crippen LogP contribution in [0.25, 0.3) is 0 Å². The van der Waals surface area contributed by atoms with Gasteiger partial charge in [0.15, 0.2) is 0 Å². The molecule has 0 aromatic heterocycles. The predicted molar refractivity (Wildman–Crippen MR) is 172 cm³/mol. The zero-order chi connectivity index (χ0) is 31.8. The molecule has 3 rings (SSSR count). The summed E-state index contributed by atoms with van der Waals surface area (Å²) in [6.45, 7) is 14.9. The standard InChI is InChI=1S/C21H30IN3O5.C9H18N2O2/c1-5-29-20(28)25-12-10-24(11-13-25)18(26)17(23-19(27)30-21(2,3)4)14-15-6-8-16(22)9-7-15;1-2-3-8-13-9(12)11-6-4-10-5-7-11/h6-9,17H,5,10-14H2,1-4H3,(H,23,27);10H,2-8H2,1H3/t17-;/m0./s1. The third-order valence-corrected chi connectivity index (χ3v) is 7.28. The van der Waals surface area contributed by atoms with Gasteiger partial charge in [0.25, 0.3) is 0 Å². The van der Waals surface area contributed by atoms with Crippen molar-refractivity contribution in [1.82, 2.24) is 25.3 Å². The second-order valence-electron chi connectivity index (χ2n) is 11.2. The predicted octanol–water partition coefficient (Wildman–Crippen LogP) is 3.86. The summed E-state index contributed by atoms with van der Waals surface area (Å²) >= 11 is 2.22. The summed E-state index contributed by atoms with van der Waals surface area (Å²) in [5.74, 6) is -0.192. The number of rotatable bonds is 8. The molecule has 2 fully saturated rings. The van der Waals surface area contributed by atoms with Crippen molar-refractivity contribution in [2.75, 3.05) is 65.6 Å². The minimum absolute atomic E-state index is 0.157. The molecule has 2 heterocycles. The monoisotopic (exact) mass is 717 g/mol. The maximum atomic E-state index is 13.2. The number of amides is 4. The smallest absolute Gasteiger partial charge is 0.409 e. The van der Waals surface area contributed by atoms with Crippen LogP contribution in [0.3, 0.4) is 0 Å². The molecule has 1 atom stereocenters. The first-order valence-electron chi connectivity index (χ1n) is 15.0. The summed E-state index contributed by atoms with van der Waals surface area (Å²) < 4.78 is 16.5. The van der Waals surface area contributed by atoms with Crippen molar-refractivity contribution in [1.29, 1.82) is 0 Å². The van der Waals surface area contributed by atoms with Crippen molar-refractivity contribution in [2.45, 2.75) is 65.5 Å². The number of hydrogen-bond donors (Lipinski definition) is 2. The molecule has 2 N–H and O–H groups in total. The average molecular weight is 718 g/mol. The number of piperazine rings is 2. The van der Waals surface area contributed by atoms with Crippen LogP contribution in [0.2, 0.25) is 0 Å². The molecule has 2 aliphatic heterocycles. The highest BCUT2D eigenvalue weighted by Crippen LogP contribution is 2.14. The van der Waals surface area contributed by atoms with E-state index in [0.717, 1.165) is 48.2 Å². The number of nitrogens with zero attached hydrogens (tertiary/aromatic N) is 3. The Bertz CT molecular complexity index is 1020. The van der Waals surface area contributed by atoms with Gasteiger partial charge >= 0.3 is 18.3 Å². The van der Waals surface area contributed by atoms with E-state index in [-0.39, 0.29) is 18.1 Å². The van der Waals surface area contributed by atoms with Gasteiger partial charge in [0, 0.05) is 62.3 Å². The molecule has 0 spiro atoms. The van der Waals surface area contributed by atoms with Crippen LogP contribution in [0.4, 0.5) is 14.4 Å². The van der Waals surface area contributed by atoms with E-state index in [4.69, 9.17) is 14.2 Å². The van der Waals surface area contributed by atoms with Crippen molar-refractivity contribution in [3.8, 4) is 0 Å². The fourth-order valence-electron chi connectivity index (χ4n) is 4.29. The Morgan fingerprint density at radius 1 is 0.884 bits per heavy atom. The van der Waals surface area contributed by atoms with Crippen LogP contribution in [-0.2, 0) is 25.4 Å². The number of unbranched alkanes of at least 4 members (excludes halogenated alkanes) is 1. The highest BCUT2D eigenvalue weighted by molar-refractivity contribution is 14.1. The van der Waals surface area contributed by atoms with Gasteiger partial charge in [-0.25, -0.2) is 14.4 Å². The zero-order valence-electron chi connectivity index (χ0n) is 26.2. The van der Waals surface area contributed by atoms with E-state index in [1.165, 1.54) is 0 Å². The van der Waals surface area contributed by atoms with E-state index in [9.17, 15) is 19.2 Å². The fraction of sp³-hybridized carbons (Fsp3) is 0.667. The van der Waals surface area contributed by atoms with Gasteiger partial charge in [-0.1, -0.05) is 25.5 Å². The van der Waals surface area contributed by atoms with E-state index in [2.05, 4.69) is 40.1 Å². The lowest BCUT2D eigenvalue weighted by Gasteiger charge is -2.36. The number of nitrogens with one attached hydrogen (secondary N) is 2. The Kier molecular flexibility index (Phi) is 15.9. The van der Waals surface area contributed by atoms with Gasteiger partial charge in [0.05, 0.1) is 13.2 Å². The average Bonchev–Trinajstić information content (AvgIpc) is 2.97. The molecule has 4 amide bonds. The van der Waals surface area contributed by atoms with E-state index in [0.29, 0.717) is 45.8 Å². The van der Waals surface area contributed by atoms with E-state index in [1.807, 2.05) is 24.3 Å². The molecule has 1 aromatic carbocycles. The van der Waals surface area contributed by atoms with Gasteiger partial charge in [0.2, 0.25) is 5.91 Å². The molecule has 12 nitrogen and oxygen atoms in total. The molecular formula is C30H48IN5O7. The Balaban J connectivity index is 0.000000413. The first kappa shape index (κ1) is 36.4. The lowest BCUT2D eigenvalue weighted by molar-refractivity contribution is -0.135. The first-order chi connectivity index (χ1) is 20.4. The van der Waals surface area contributed by atoms with E-state index >= 15 is 0 Å². The molecule has 0 aliphatic carbocycles. The minimum atomic E-state index is -0.756. The molecule has 1 aromatic rings. The summed E-state index contributed by atoms with van der Waals surface area (Å²) in [7, 11) is 0. The molecular weight excluding hydrogens is 669 g/mol. The topological polar surface area (TPSA) is 130 Å². The van der Waals surface area contributed by atoms with Crippen molar-refractivity contribution < 1.29 is 33.4 Å². The summed E-state index contributed by atoms with van der Waals surface area (Å²) in [6.07, 6.45) is 1.22. The third-order valence-electron chi connectivity index (χ3n) is 6.56. The normalized spacial score (nSPS) is 15.9. The molecule has 0 bridgehead atoms. The summed E-state index contributed by atoms with van der Waals surface area (Å²) in [5, 5.41) is 5.92. The Hall–Kier alpha value is -2.81. The van der Waals surface area contributed by atoms with Crippen molar-refractivity contribution in [3.05, 3.63) is 33.4 Å². The van der Waals surface area contributed by atoms with Gasteiger partial charge in [0.1, 0.15) is 11.6 Å². The number of alkyl carbamates (subject to hydrolysis) is 1. The maximum Gasteiger partial charge on any atom is 0.409 e. The molecule has 0 saturated carbocycles. The fourth-order valence-corrected chi connectivity index (χ4v) is 4.65. The van der Waals surface area contributed by atoms with Gasteiger partial charge < -0.3 is 39.5 Å². The maximum absolute atomic E-state index is 13.2. The third kappa shape index (κ3) is 14.0. The van der Waals surface area contributed by atoms with Crippen molar-refractivity contribution in [2.24, 2.45) is 0 Å². The van der Waals surface area contributed by atoms with Crippen LogP contribution in [0, 0.1) is 3.57 Å². The number of benzene rings is 1. The Morgan fingerprint density at radius 2 is 1.44 bits per heavy atom. The van der Waals surface area contributed by atoms with Gasteiger partial charge in [-0.05, 0) is 74.4 Å². The molecule has 0 unspecified atom stereocenters. The molecule has 242 valence electrons. The Morgan fingerprint density at radius 3 is 2.00 bits per heavy atom. The van der Waals surface area contributed by atoms with Crippen LogP contribution in [0.1, 0.15) is 53.0 Å². The van der Waals surface area contributed by atoms with Crippen molar-refractivity contribution in [3.63, 3.8) is 0 Å². The molecule has 13 heteroatoms. The quantitative estimate of drug-likeness (QED) is 0.236. The molecule has 0 radical (unpaired) electrons. The van der Waals surface area contributed by atoms with Crippen LogP contribution in [0.5, 0.6) is 0 Å². The first-order valence-corrected chi connectivity index (χ1v) is 16.1. The van der Waals surface area contributed by atoms with E-state index < -0.39 is 17.7 Å². The SMILES string of the molecule is CCCCOC(=O)N1CCNCC1.CCOC(=O)N1CCN(C(=O)[C@H](Cc2ccc(I)cc2)NC(=O)OC(C)(C)C)CC1. The van der Waals surface area contributed by atoms with Crippen LogP contribution in [-0.4, -0.2) is 116 Å². The molecule has 2 saturated heterocycles. The lowest BCUT2D eigenvalue weighted by Crippen LogP contribution is -2.56. The summed E-state index contributed by atoms with van der Waals surface area (Å²) in [6, 6.07) is 7.05. The second kappa shape index (κ2) is 18.8. The van der Waals surface area contributed by atoms with E-state index in [1.54, 1.807) is 42.4 Å². The van der Waals surface area contributed by atoms with Crippen LogP contribution < -0.4 is 10.6 Å². The van der Waals surface area contributed by atoms with Gasteiger partial charge in [-0.15, -0.1) is 0 Å². The van der Waals surface area contributed by atoms with Gasteiger partial charge in [-0.2, -0.15) is 0 Å². The summed E-state index contributed by atoms with van der Waals surface area (Å²) in [5.41, 5.74) is 0.279. The number of carbonyl (C=O) groups excluding carboxylic acids is 4. The summed E-state index contributed by atoms with van der Waals surface area (Å²) in [4.78, 5) is 53.8. The molecule has 43 heavy (non-hydrogen) atoms. The highest BCUT2D eigenvalue weighted by Gasteiger charge is 2.31. The van der Waals surface area contributed by atoms with Crippen LogP contribution >= 0.6 is 22.6 Å². The number of carbonyl (C=O) groups is 4. The van der Waals surface area contributed by atoms with Crippen LogP contribution in [0.15, 0.2) is 24.3 Å².